The molecular weight excluding hydrogens is 344 g/mol. The summed E-state index contributed by atoms with van der Waals surface area (Å²) in [5.41, 5.74) is 0. The van der Waals surface area contributed by atoms with Crippen molar-refractivity contribution >= 4 is 34.9 Å². The Morgan fingerprint density at radius 1 is 1.26 bits per heavy atom. The number of likely N-dealkylation sites (tertiary alicyclic amines) is 1. The van der Waals surface area contributed by atoms with Crippen molar-refractivity contribution in [1.82, 2.24) is 19.2 Å². The first-order chi connectivity index (χ1) is 11.2. The summed E-state index contributed by atoms with van der Waals surface area (Å²) in [6, 6.07) is 9.02. The van der Waals surface area contributed by atoms with Gasteiger partial charge in [0.2, 0.25) is 0 Å². The molecule has 120 valence electrons. The fourth-order valence-corrected chi connectivity index (χ4v) is 5.00. The third-order valence-electron chi connectivity index (χ3n) is 4.33. The molecule has 4 nitrogen and oxygen atoms in total. The molecule has 3 aromatic heterocycles. The van der Waals surface area contributed by atoms with Gasteiger partial charge in [0.1, 0.15) is 0 Å². The summed E-state index contributed by atoms with van der Waals surface area (Å²) in [4.78, 5) is 5.10. The lowest BCUT2D eigenvalue weighted by Gasteiger charge is -2.23. The lowest BCUT2D eigenvalue weighted by molar-refractivity contribution is 0.192. The molecule has 0 unspecified atom stereocenters. The van der Waals surface area contributed by atoms with Crippen LogP contribution < -0.4 is 0 Å². The van der Waals surface area contributed by atoms with Crippen molar-refractivity contribution in [2.45, 2.75) is 25.6 Å². The number of thiophene rings is 2. The molecule has 0 aliphatic carbocycles. The van der Waals surface area contributed by atoms with Crippen LogP contribution in [-0.4, -0.2) is 25.8 Å². The van der Waals surface area contributed by atoms with Crippen LogP contribution in [0.15, 0.2) is 35.0 Å². The number of nitrogens with zero attached hydrogens (tertiary/aromatic N) is 4. The minimum Gasteiger partial charge on any atom is -0.302 e. The van der Waals surface area contributed by atoms with Crippen LogP contribution in [0.1, 0.15) is 23.8 Å². The van der Waals surface area contributed by atoms with Crippen molar-refractivity contribution in [1.29, 1.82) is 0 Å². The lowest BCUT2D eigenvalue weighted by atomic mass is 10.2. The fraction of sp³-hybridized carbons (Fsp3) is 0.375. The van der Waals surface area contributed by atoms with E-state index in [0.29, 0.717) is 6.04 Å². The second-order valence-corrected chi connectivity index (χ2v) is 8.06. The Morgan fingerprint density at radius 3 is 2.83 bits per heavy atom. The first-order valence-electron chi connectivity index (χ1n) is 7.69. The van der Waals surface area contributed by atoms with Crippen LogP contribution in [0.2, 0.25) is 0 Å². The maximum atomic E-state index is 5.61. The van der Waals surface area contributed by atoms with Gasteiger partial charge in [-0.1, -0.05) is 12.1 Å². The zero-order valence-corrected chi connectivity index (χ0v) is 15.3. The van der Waals surface area contributed by atoms with Gasteiger partial charge in [-0.3, -0.25) is 4.90 Å². The molecule has 23 heavy (non-hydrogen) atoms. The normalized spacial score (nSPS) is 18.7. The highest BCUT2D eigenvalue weighted by Crippen LogP contribution is 2.34. The van der Waals surface area contributed by atoms with E-state index in [4.69, 9.17) is 17.3 Å². The van der Waals surface area contributed by atoms with E-state index in [1.54, 1.807) is 11.3 Å². The molecule has 0 N–H and O–H groups in total. The Balaban J connectivity index is 1.62. The predicted molar refractivity (Wildman–Crippen MR) is 98.3 cm³/mol. The van der Waals surface area contributed by atoms with E-state index in [1.807, 2.05) is 27.6 Å². The van der Waals surface area contributed by atoms with Crippen LogP contribution in [0.5, 0.6) is 0 Å². The van der Waals surface area contributed by atoms with Crippen LogP contribution in [0.3, 0.4) is 0 Å². The van der Waals surface area contributed by atoms with Gasteiger partial charge in [-0.05, 0) is 48.0 Å². The van der Waals surface area contributed by atoms with Crippen molar-refractivity contribution < 1.29 is 0 Å². The summed E-state index contributed by atoms with van der Waals surface area (Å²) in [7, 11) is 2.00. The van der Waals surface area contributed by atoms with Gasteiger partial charge in [-0.15, -0.1) is 27.8 Å². The maximum Gasteiger partial charge on any atom is 0.199 e. The zero-order valence-electron chi connectivity index (χ0n) is 12.9. The Hall–Kier alpha value is -1.28. The SMILES string of the molecule is Cn1c(-c2cccs2)nn(CN2CCC[C@@H]2c2cccs2)c1=S. The second-order valence-electron chi connectivity index (χ2n) is 5.77. The lowest BCUT2D eigenvalue weighted by Crippen LogP contribution is -2.26. The minimum atomic E-state index is 0.504. The monoisotopic (exact) mass is 362 g/mol. The Kier molecular flexibility index (Phi) is 4.19. The van der Waals surface area contributed by atoms with Crippen LogP contribution in [0, 0.1) is 4.77 Å². The van der Waals surface area contributed by atoms with Crippen LogP contribution in [-0.2, 0) is 13.7 Å². The van der Waals surface area contributed by atoms with Crippen LogP contribution in [0.25, 0.3) is 10.7 Å². The van der Waals surface area contributed by atoms with Gasteiger partial charge >= 0.3 is 0 Å². The topological polar surface area (TPSA) is 26.0 Å². The summed E-state index contributed by atoms with van der Waals surface area (Å²) in [5, 5.41) is 9.01. The summed E-state index contributed by atoms with van der Waals surface area (Å²) in [6.07, 6.45) is 2.46. The van der Waals surface area contributed by atoms with E-state index in [2.05, 4.69) is 39.9 Å². The predicted octanol–water partition coefficient (Wildman–Crippen LogP) is 4.54. The van der Waals surface area contributed by atoms with Crippen molar-refractivity contribution in [2.24, 2.45) is 7.05 Å². The van der Waals surface area contributed by atoms with Crippen LogP contribution >= 0.6 is 34.9 Å². The van der Waals surface area contributed by atoms with Gasteiger partial charge in [0.25, 0.3) is 0 Å². The van der Waals surface area contributed by atoms with E-state index >= 15 is 0 Å². The molecule has 1 aliphatic heterocycles. The summed E-state index contributed by atoms with van der Waals surface area (Å²) >= 11 is 9.15. The highest BCUT2D eigenvalue weighted by molar-refractivity contribution is 7.71. The molecule has 1 atom stereocenters. The largest absolute Gasteiger partial charge is 0.302 e. The first-order valence-corrected chi connectivity index (χ1v) is 9.86. The molecule has 0 saturated carbocycles. The van der Waals surface area contributed by atoms with Gasteiger partial charge in [0.15, 0.2) is 10.6 Å². The van der Waals surface area contributed by atoms with Gasteiger partial charge in [-0.25, -0.2) is 4.68 Å². The summed E-state index contributed by atoms with van der Waals surface area (Å²) in [6.45, 7) is 1.87. The van der Waals surface area contributed by atoms with Gasteiger partial charge in [0.05, 0.1) is 11.5 Å². The third-order valence-corrected chi connectivity index (χ3v) is 6.66. The molecule has 0 spiro atoms. The van der Waals surface area contributed by atoms with E-state index in [-0.39, 0.29) is 0 Å². The molecule has 1 saturated heterocycles. The van der Waals surface area contributed by atoms with E-state index < -0.39 is 0 Å². The molecular formula is C16H18N4S3. The van der Waals surface area contributed by atoms with Crippen molar-refractivity contribution in [3.05, 3.63) is 44.7 Å². The quantitative estimate of drug-likeness (QED) is 0.638. The third kappa shape index (κ3) is 2.82. The molecule has 7 heteroatoms. The highest BCUT2D eigenvalue weighted by atomic mass is 32.1. The standard InChI is InChI=1S/C16H18N4S3/c1-18-15(14-7-4-10-23-14)17-20(16(18)21)11-19-8-2-5-12(19)13-6-3-9-22-13/h3-4,6-7,9-10,12H,2,5,8,11H2,1H3/t12-/m1/s1. The zero-order chi connectivity index (χ0) is 15.8. The molecule has 4 heterocycles. The smallest absolute Gasteiger partial charge is 0.199 e. The van der Waals surface area contributed by atoms with Gasteiger partial charge < -0.3 is 4.57 Å². The minimum absolute atomic E-state index is 0.504. The second kappa shape index (κ2) is 6.32. The Labute approximate surface area is 148 Å². The summed E-state index contributed by atoms with van der Waals surface area (Å²) < 4.78 is 4.76. The molecule has 4 rings (SSSR count). The molecule has 0 radical (unpaired) electrons. The number of hydrogen-bond donors (Lipinski definition) is 0. The average molecular weight is 363 g/mol. The number of rotatable bonds is 4. The van der Waals surface area contributed by atoms with Crippen molar-refractivity contribution in [3.63, 3.8) is 0 Å². The van der Waals surface area contributed by atoms with Crippen molar-refractivity contribution in [2.75, 3.05) is 6.54 Å². The number of aromatic nitrogens is 3. The number of hydrogen-bond acceptors (Lipinski definition) is 5. The molecule has 0 amide bonds. The van der Waals surface area contributed by atoms with E-state index in [9.17, 15) is 0 Å². The molecule has 3 aromatic rings. The summed E-state index contributed by atoms with van der Waals surface area (Å²) in [5.74, 6) is 0.955. The molecule has 0 bridgehead atoms. The molecule has 1 aliphatic rings. The van der Waals surface area contributed by atoms with E-state index in [1.165, 1.54) is 17.7 Å². The maximum absolute atomic E-state index is 5.61. The van der Waals surface area contributed by atoms with E-state index in [0.717, 1.165) is 28.7 Å². The Morgan fingerprint density at radius 2 is 2.09 bits per heavy atom. The molecule has 1 fully saturated rings. The highest BCUT2D eigenvalue weighted by Gasteiger charge is 2.27. The average Bonchev–Trinajstić information content (AvgIpc) is 3.32. The molecule has 0 aromatic carbocycles. The van der Waals surface area contributed by atoms with Crippen LogP contribution in [0.4, 0.5) is 0 Å². The van der Waals surface area contributed by atoms with Gasteiger partial charge in [-0.2, -0.15) is 0 Å². The van der Waals surface area contributed by atoms with Crippen molar-refractivity contribution in [3.8, 4) is 10.7 Å². The Bertz CT molecular complexity index is 829. The first kappa shape index (κ1) is 15.3. The van der Waals surface area contributed by atoms with Gasteiger partial charge in [0, 0.05) is 24.5 Å². The fourth-order valence-electron chi connectivity index (χ4n) is 3.17.